The maximum atomic E-state index is 12.8. The lowest BCUT2D eigenvalue weighted by atomic mass is 10.1. The van der Waals surface area contributed by atoms with Gasteiger partial charge in [-0.2, -0.15) is 0 Å². The van der Waals surface area contributed by atoms with Crippen molar-refractivity contribution in [2.24, 2.45) is 0 Å². The van der Waals surface area contributed by atoms with Crippen LogP contribution in [0.15, 0.2) is 66.7 Å². The van der Waals surface area contributed by atoms with Crippen molar-refractivity contribution in [2.75, 3.05) is 34.0 Å². The molecule has 3 aromatic rings. The van der Waals surface area contributed by atoms with Crippen LogP contribution in [-0.4, -0.2) is 37.2 Å². The molecule has 158 valence electrons. The Hall–Kier alpha value is -4.46. The summed E-state index contributed by atoms with van der Waals surface area (Å²) in [4.78, 5) is 53.0. The smallest absolute Gasteiger partial charge is 0.266 e. The monoisotopic (exact) mass is 426 g/mol. The van der Waals surface area contributed by atoms with E-state index < -0.39 is 11.8 Å². The van der Waals surface area contributed by atoms with Gasteiger partial charge in [-0.15, -0.1) is 0 Å². The van der Waals surface area contributed by atoms with Crippen molar-refractivity contribution in [3.05, 3.63) is 83.4 Å². The van der Waals surface area contributed by atoms with Gasteiger partial charge in [0.05, 0.1) is 34.7 Å². The molecule has 0 saturated carbocycles. The summed E-state index contributed by atoms with van der Waals surface area (Å²) in [5.41, 5.74) is 3.27. The Kier molecular flexibility index (Phi) is 4.48. The molecule has 0 spiro atoms. The van der Waals surface area contributed by atoms with Crippen molar-refractivity contribution in [3.63, 3.8) is 0 Å². The number of hydrogen-bond acceptors (Lipinski definition) is 5. The Morgan fingerprint density at radius 2 is 1.62 bits per heavy atom. The number of fused-ring (bicyclic) bond motifs is 2. The molecule has 2 aliphatic rings. The van der Waals surface area contributed by atoms with Crippen LogP contribution in [0.2, 0.25) is 0 Å². The van der Waals surface area contributed by atoms with Crippen LogP contribution in [0.3, 0.4) is 0 Å². The van der Waals surface area contributed by atoms with Crippen molar-refractivity contribution >= 4 is 46.4 Å². The Morgan fingerprint density at radius 3 is 2.34 bits per heavy atom. The van der Waals surface area contributed by atoms with Gasteiger partial charge in [-0.3, -0.25) is 19.2 Å². The highest BCUT2D eigenvalue weighted by molar-refractivity contribution is 6.34. The van der Waals surface area contributed by atoms with E-state index in [0.717, 1.165) is 10.6 Å². The molecule has 0 unspecified atom stereocenters. The molecular weight excluding hydrogens is 408 g/mol. The second kappa shape index (κ2) is 7.35. The van der Waals surface area contributed by atoms with E-state index in [0.29, 0.717) is 33.8 Å². The third-order valence-electron chi connectivity index (χ3n) is 5.48. The van der Waals surface area contributed by atoms with Gasteiger partial charge < -0.3 is 15.5 Å². The van der Waals surface area contributed by atoms with Crippen LogP contribution in [-0.2, 0) is 4.79 Å². The molecule has 0 aromatic heterocycles. The Balaban J connectivity index is 1.39. The molecule has 0 atom stereocenters. The van der Waals surface area contributed by atoms with Gasteiger partial charge in [0.25, 0.3) is 17.7 Å². The lowest BCUT2D eigenvalue weighted by Gasteiger charge is -2.27. The molecule has 4 amide bonds. The van der Waals surface area contributed by atoms with E-state index in [-0.39, 0.29) is 18.4 Å². The number of imide groups is 1. The minimum absolute atomic E-state index is 0.147. The van der Waals surface area contributed by atoms with E-state index in [4.69, 9.17) is 0 Å². The first-order valence-corrected chi connectivity index (χ1v) is 9.96. The molecule has 0 aliphatic carbocycles. The molecule has 8 heteroatoms. The molecule has 0 saturated heterocycles. The maximum absolute atomic E-state index is 12.8. The zero-order valence-electron chi connectivity index (χ0n) is 17.1. The zero-order chi connectivity index (χ0) is 22.4. The molecule has 0 bridgehead atoms. The molecule has 2 aliphatic heterocycles. The number of hydrogen-bond donors (Lipinski definition) is 2. The Labute approximate surface area is 183 Å². The van der Waals surface area contributed by atoms with Gasteiger partial charge in [0, 0.05) is 18.3 Å². The number of likely N-dealkylation sites (N-methyl/N-ethyl adjacent to an activating group) is 1. The summed E-state index contributed by atoms with van der Waals surface area (Å²) in [5, 5.41) is 5.56. The van der Waals surface area contributed by atoms with Gasteiger partial charge in [0.1, 0.15) is 0 Å². The second-order valence-corrected chi connectivity index (χ2v) is 7.63. The quantitative estimate of drug-likeness (QED) is 0.627. The normalized spacial score (nSPS) is 14.7. The molecule has 3 aromatic carbocycles. The van der Waals surface area contributed by atoms with E-state index in [1.54, 1.807) is 71.6 Å². The predicted octanol–water partition coefficient (Wildman–Crippen LogP) is 3.13. The van der Waals surface area contributed by atoms with E-state index in [2.05, 4.69) is 10.6 Å². The Morgan fingerprint density at radius 1 is 0.906 bits per heavy atom. The number of nitrogens with one attached hydrogen (secondary N) is 2. The summed E-state index contributed by atoms with van der Waals surface area (Å²) < 4.78 is 0. The summed E-state index contributed by atoms with van der Waals surface area (Å²) in [6.45, 7) is 0.253. The van der Waals surface area contributed by atoms with Crippen LogP contribution in [0, 0.1) is 0 Å². The minimum Gasteiger partial charge on any atom is -0.364 e. The van der Waals surface area contributed by atoms with Crippen LogP contribution < -0.4 is 20.4 Å². The van der Waals surface area contributed by atoms with E-state index in [1.807, 2.05) is 7.05 Å². The van der Waals surface area contributed by atoms with Gasteiger partial charge >= 0.3 is 0 Å². The van der Waals surface area contributed by atoms with Gasteiger partial charge in [-0.25, -0.2) is 4.90 Å². The molecule has 2 N–H and O–H groups in total. The molecule has 8 nitrogen and oxygen atoms in total. The molecule has 0 fully saturated rings. The fourth-order valence-electron chi connectivity index (χ4n) is 3.95. The standard InChI is InChI=1S/C24H18N4O4/c1-27-13-21(29)26-19-11-14(9-10-20(19)27)22(30)25-15-5-4-6-16(12-15)28-23(31)17-7-2-3-8-18(17)24(28)32/h2-12H,13H2,1H3,(H,25,30)(H,26,29). The van der Waals surface area contributed by atoms with E-state index >= 15 is 0 Å². The Bertz CT molecular complexity index is 1280. The fraction of sp³-hybridized carbons (Fsp3) is 0.0833. The lowest BCUT2D eigenvalue weighted by Crippen LogP contribution is -2.35. The van der Waals surface area contributed by atoms with Crippen molar-refractivity contribution in [1.29, 1.82) is 0 Å². The number of anilines is 4. The average Bonchev–Trinajstić information content (AvgIpc) is 3.03. The van der Waals surface area contributed by atoms with Crippen molar-refractivity contribution in [2.45, 2.75) is 0 Å². The molecular formula is C24H18N4O4. The van der Waals surface area contributed by atoms with Crippen molar-refractivity contribution in [3.8, 4) is 0 Å². The number of rotatable bonds is 3. The highest BCUT2D eigenvalue weighted by Gasteiger charge is 2.36. The third-order valence-corrected chi connectivity index (χ3v) is 5.48. The predicted molar refractivity (Wildman–Crippen MR) is 120 cm³/mol. The van der Waals surface area contributed by atoms with Crippen LogP contribution in [0.1, 0.15) is 31.1 Å². The highest BCUT2D eigenvalue weighted by Crippen LogP contribution is 2.31. The lowest BCUT2D eigenvalue weighted by molar-refractivity contribution is -0.115. The second-order valence-electron chi connectivity index (χ2n) is 7.63. The summed E-state index contributed by atoms with van der Waals surface area (Å²) >= 11 is 0. The SMILES string of the molecule is CN1CC(=O)Nc2cc(C(=O)Nc3cccc(N4C(=O)c5ccccc5C4=O)c3)ccc21. The van der Waals surface area contributed by atoms with Gasteiger partial charge in [-0.1, -0.05) is 18.2 Å². The summed E-state index contributed by atoms with van der Waals surface area (Å²) in [6, 6.07) is 18.3. The molecule has 5 rings (SSSR count). The van der Waals surface area contributed by atoms with Crippen LogP contribution in [0.25, 0.3) is 0 Å². The average molecular weight is 426 g/mol. The van der Waals surface area contributed by atoms with Gasteiger partial charge in [0.2, 0.25) is 5.91 Å². The largest absolute Gasteiger partial charge is 0.364 e. The van der Waals surface area contributed by atoms with Crippen LogP contribution >= 0.6 is 0 Å². The number of benzene rings is 3. The molecule has 2 heterocycles. The van der Waals surface area contributed by atoms with Crippen LogP contribution in [0.4, 0.5) is 22.7 Å². The minimum atomic E-state index is -0.399. The topological polar surface area (TPSA) is 98.8 Å². The fourth-order valence-corrected chi connectivity index (χ4v) is 3.95. The summed E-state index contributed by atoms with van der Waals surface area (Å²) in [5.74, 6) is -1.33. The van der Waals surface area contributed by atoms with E-state index in [9.17, 15) is 19.2 Å². The first kappa shape index (κ1) is 19.5. The molecule has 32 heavy (non-hydrogen) atoms. The third kappa shape index (κ3) is 3.18. The van der Waals surface area contributed by atoms with E-state index in [1.165, 1.54) is 0 Å². The number of carbonyl (C=O) groups is 4. The number of nitrogens with zero attached hydrogens (tertiary/aromatic N) is 2. The first-order chi connectivity index (χ1) is 15.4. The van der Waals surface area contributed by atoms with Crippen molar-refractivity contribution < 1.29 is 19.2 Å². The number of amides is 4. The highest BCUT2D eigenvalue weighted by atomic mass is 16.2. The summed E-state index contributed by atoms with van der Waals surface area (Å²) in [6.07, 6.45) is 0. The molecule has 0 radical (unpaired) electrons. The van der Waals surface area contributed by atoms with Gasteiger partial charge in [0.15, 0.2) is 0 Å². The number of carbonyl (C=O) groups excluding carboxylic acids is 4. The van der Waals surface area contributed by atoms with Gasteiger partial charge in [-0.05, 0) is 48.5 Å². The first-order valence-electron chi connectivity index (χ1n) is 9.96. The van der Waals surface area contributed by atoms with Crippen molar-refractivity contribution in [1.82, 2.24) is 0 Å². The summed E-state index contributed by atoms with van der Waals surface area (Å²) in [7, 11) is 1.81. The zero-order valence-corrected chi connectivity index (χ0v) is 17.1. The van der Waals surface area contributed by atoms with Crippen LogP contribution in [0.5, 0.6) is 0 Å². The maximum Gasteiger partial charge on any atom is 0.266 e.